The van der Waals surface area contributed by atoms with Crippen molar-refractivity contribution in [2.24, 2.45) is 0 Å². The van der Waals surface area contributed by atoms with E-state index in [4.69, 9.17) is 4.74 Å². The van der Waals surface area contributed by atoms with E-state index in [0.717, 1.165) is 12.1 Å². The minimum Gasteiger partial charge on any atom is -0.487 e. The van der Waals surface area contributed by atoms with Gasteiger partial charge in [0.05, 0.1) is 25.7 Å². The number of carbonyl (C=O) groups excluding carboxylic acids is 2. The first-order valence-corrected chi connectivity index (χ1v) is 10.3. The SMILES string of the molecule is CCC(=O)N1CC(F)C(NC(=O)c2nccnc2N2CC(Oc3ccc(F)c(F)c3)C2)C1. The molecular formula is C21H22F3N5O3. The minimum atomic E-state index is -1.37. The van der Waals surface area contributed by atoms with Gasteiger partial charge >= 0.3 is 0 Å². The molecule has 2 amide bonds. The van der Waals surface area contributed by atoms with Crippen molar-refractivity contribution in [3.05, 3.63) is 47.9 Å². The van der Waals surface area contributed by atoms with Crippen LogP contribution in [0, 0.1) is 11.6 Å². The Morgan fingerprint density at radius 1 is 1.12 bits per heavy atom. The van der Waals surface area contributed by atoms with Crippen molar-refractivity contribution >= 4 is 17.6 Å². The lowest BCUT2D eigenvalue weighted by Gasteiger charge is -2.40. The van der Waals surface area contributed by atoms with Crippen molar-refractivity contribution in [2.45, 2.75) is 31.7 Å². The molecule has 2 aromatic rings. The number of ether oxygens (including phenoxy) is 1. The predicted octanol–water partition coefficient (Wildman–Crippen LogP) is 1.71. The van der Waals surface area contributed by atoms with Crippen LogP contribution in [0.5, 0.6) is 5.75 Å². The number of anilines is 1. The Balaban J connectivity index is 1.37. The lowest BCUT2D eigenvalue weighted by molar-refractivity contribution is -0.130. The molecule has 2 atom stereocenters. The quantitative estimate of drug-likeness (QED) is 0.723. The lowest BCUT2D eigenvalue weighted by Crippen LogP contribution is -2.55. The molecule has 2 unspecified atom stereocenters. The van der Waals surface area contributed by atoms with E-state index < -0.39 is 29.8 Å². The molecule has 8 nitrogen and oxygen atoms in total. The van der Waals surface area contributed by atoms with Crippen LogP contribution < -0.4 is 15.0 Å². The highest BCUT2D eigenvalue weighted by molar-refractivity contribution is 5.97. The Hall–Kier alpha value is -3.37. The first-order chi connectivity index (χ1) is 15.4. The summed E-state index contributed by atoms with van der Waals surface area (Å²) in [7, 11) is 0. The number of carbonyl (C=O) groups is 2. The molecule has 32 heavy (non-hydrogen) atoms. The van der Waals surface area contributed by atoms with E-state index in [1.54, 1.807) is 11.8 Å². The second-order valence-corrected chi connectivity index (χ2v) is 7.70. The number of hydrogen-bond acceptors (Lipinski definition) is 6. The summed E-state index contributed by atoms with van der Waals surface area (Å²) in [6, 6.07) is 2.47. The van der Waals surface area contributed by atoms with Gasteiger partial charge in [-0.05, 0) is 12.1 Å². The molecule has 11 heteroatoms. The monoisotopic (exact) mass is 449 g/mol. The van der Waals surface area contributed by atoms with Crippen molar-refractivity contribution < 1.29 is 27.5 Å². The highest BCUT2D eigenvalue weighted by Crippen LogP contribution is 2.26. The number of hydrogen-bond donors (Lipinski definition) is 1. The number of nitrogens with one attached hydrogen (secondary N) is 1. The normalized spacial score (nSPS) is 20.8. The number of nitrogens with zero attached hydrogens (tertiary/aromatic N) is 4. The maximum atomic E-state index is 14.3. The van der Waals surface area contributed by atoms with Gasteiger partial charge in [-0.15, -0.1) is 0 Å². The highest BCUT2D eigenvalue weighted by Gasteiger charge is 2.38. The molecule has 0 aliphatic carbocycles. The predicted molar refractivity (Wildman–Crippen MR) is 108 cm³/mol. The lowest BCUT2D eigenvalue weighted by atomic mass is 10.1. The van der Waals surface area contributed by atoms with Crippen LogP contribution >= 0.6 is 0 Å². The van der Waals surface area contributed by atoms with Gasteiger partial charge in [0, 0.05) is 31.4 Å². The van der Waals surface area contributed by atoms with Crippen molar-refractivity contribution in [3.8, 4) is 5.75 Å². The second kappa shape index (κ2) is 9.01. The van der Waals surface area contributed by atoms with Gasteiger partial charge in [0.25, 0.3) is 5.91 Å². The summed E-state index contributed by atoms with van der Waals surface area (Å²) >= 11 is 0. The average molecular weight is 449 g/mol. The number of alkyl halides is 1. The Bertz CT molecular complexity index is 1020. The zero-order valence-electron chi connectivity index (χ0n) is 17.3. The molecule has 2 aliphatic rings. The summed E-state index contributed by atoms with van der Waals surface area (Å²) in [4.78, 5) is 36.1. The first-order valence-electron chi connectivity index (χ1n) is 10.3. The molecule has 0 spiro atoms. The van der Waals surface area contributed by atoms with E-state index in [-0.39, 0.29) is 43.0 Å². The number of amides is 2. The summed E-state index contributed by atoms with van der Waals surface area (Å²) in [6.07, 6.45) is 1.39. The third-order valence-corrected chi connectivity index (χ3v) is 5.46. The highest BCUT2D eigenvalue weighted by atomic mass is 19.2. The molecule has 2 saturated heterocycles. The van der Waals surface area contributed by atoms with E-state index in [9.17, 15) is 22.8 Å². The molecule has 3 heterocycles. The molecule has 1 N–H and O–H groups in total. The molecule has 1 aromatic heterocycles. The summed E-state index contributed by atoms with van der Waals surface area (Å²) in [5.74, 6) is -2.20. The molecular weight excluding hydrogens is 427 g/mol. The van der Waals surface area contributed by atoms with E-state index in [1.807, 2.05) is 0 Å². The van der Waals surface area contributed by atoms with Crippen LogP contribution in [-0.2, 0) is 4.79 Å². The summed E-state index contributed by atoms with van der Waals surface area (Å²) in [5, 5.41) is 2.61. The molecule has 0 saturated carbocycles. The second-order valence-electron chi connectivity index (χ2n) is 7.70. The number of halogens is 3. The fourth-order valence-corrected chi connectivity index (χ4v) is 3.71. The fraction of sp³-hybridized carbons (Fsp3) is 0.429. The standard InChI is InChI=1S/C21H22F3N5O3/c1-2-18(30)28-10-16(24)17(11-28)27-21(31)19-20(26-6-5-25-19)29-8-13(9-29)32-12-3-4-14(22)15(23)7-12/h3-7,13,16-17H,2,8-11H2,1H3,(H,27,31). The van der Waals surface area contributed by atoms with Gasteiger partial charge in [0.2, 0.25) is 5.91 Å². The Labute approximate surface area is 182 Å². The van der Waals surface area contributed by atoms with Crippen molar-refractivity contribution in [3.63, 3.8) is 0 Å². The van der Waals surface area contributed by atoms with Crippen LogP contribution in [0.2, 0.25) is 0 Å². The zero-order valence-corrected chi connectivity index (χ0v) is 17.3. The third-order valence-electron chi connectivity index (χ3n) is 5.46. The van der Waals surface area contributed by atoms with Crippen LogP contribution in [0.4, 0.5) is 19.0 Å². The fourth-order valence-electron chi connectivity index (χ4n) is 3.71. The van der Waals surface area contributed by atoms with Gasteiger partial charge in [0.15, 0.2) is 23.1 Å². The minimum absolute atomic E-state index is 0.0336. The maximum absolute atomic E-state index is 14.3. The van der Waals surface area contributed by atoms with Gasteiger partial charge in [-0.3, -0.25) is 9.59 Å². The topological polar surface area (TPSA) is 87.7 Å². The summed E-state index contributed by atoms with van der Waals surface area (Å²) < 4.78 is 46.3. The number of aromatic nitrogens is 2. The Morgan fingerprint density at radius 3 is 2.59 bits per heavy atom. The van der Waals surface area contributed by atoms with E-state index in [1.165, 1.54) is 23.4 Å². The number of rotatable bonds is 6. The molecule has 4 rings (SSSR count). The average Bonchev–Trinajstić information content (AvgIpc) is 3.12. The van der Waals surface area contributed by atoms with Gasteiger partial charge in [-0.2, -0.15) is 0 Å². The molecule has 2 fully saturated rings. The summed E-state index contributed by atoms with van der Waals surface area (Å²) in [6.45, 7) is 2.45. The maximum Gasteiger partial charge on any atom is 0.274 e. The summed E-state index contributed by atoms with van der Waals surface area (Å²) in [5.41, 5.74) is 0.0336. The van der Waals surface area contributed by atoms with Gasteiger partial charge in [0.1, 0.15) is 18.0 Å². The molecule has 170 valence electrons. The largest absolute Gasteiger partial charge is 0.487 e. The molecule has 1 aromatic carbocycles. The Kier molecular flexibility index (Phi) is 6.15. The first kappa shape index (κ1) is 21.8. The van der Waals surface area contributed by atoms with E-state index >= 15 is 0 Å². The number of benzene rings is 1. The smallest absolute Gasteiger partial charge is 0.274 e. The van der Waals surface area contributed by atoms with Crippen LogP contribution in [-0.4, -0.2) is 71.2 Å². The van der Waals surface area contributed by atoms with E-state index in [2.05, 4.69) is 15.3 Å². The third kappa shape index (κ3) is 4.46. The van der Waals surface area contributed by atoms with Crippen LogP contribution in [0.25, 0.3) is 0 Å². The van der Waals surface area contributed by atoms with E-state index in [0.29, 0.717) is 18.9 Å². The molecule has 0 radical (unpaired) electrons. The van der Waals surface area contributed by atoms with Crippen LogP contribution in [0.1, 0.15) is 23.8 Å². The van der Waals surface area contributed by atoms with Gasteiger partial charge in [-0.1, -0.05) is 6.92 Å². The van der Waals surface area contributed by atoms with Gasteiger partial charge in [-0.25, -0.2) is 23.1 Å². The Morgan fingerprint density at radius 2 is 1.88 bits per heavy atom. The number of likely N-dealkylation sites (tertiary alicyclic amines) is 1. The van der Waals surface area contributed by atoms with Gasteiger partial charge < -0.3 is 19.9 Å². The van der Waals surface area contributed by atoms with Crippen molar-refractivity contribution in [1.82, 2.24) is 20.2 Å². The van der Waals surface area contributed by atoms with Crippen LogP contribution in [0.15, 0.2) is 30.6 Å². The molecule has 2 aliphatic heterocycles. The van der Waals surface area contributed by atoms with Crippen LogP contribution in [0.3, 0.4) is 0 Å². The van der Waals surface area contributed by atoms with Crippen molar-refractivity contribution in [1.29, 1.82) is 0 Å². The zero-order chi connectivity index (χ0) is 22.8. The molecule has 0 bridgehead atoms. The van der Waals surface area contributed by atoms with Crippen molar-refractivity contribution in [2.75, 3.05) is 31.1 Å².